The van der Waals surface area contributed by atoms with Gasteiger partial charge in [0.05, 0.1) is 6.54 Å². The lowest BCUT2D eigenvalue weighted by atomic mass is 10.4. The van der Waals surface area contributed by atoms with Crippen LogP contribution in [0, 0.1) is 5.92 Å². The molecule has 6 heteroatoms. The summed E-state index contributed by atoms with van der Waals surface area (Å²) >= 11 is 2.17. The van der Waals surface area contributed by atoms with Crippen molar-refractivity contribution in [3.05, 3.63) is 12.2 Å². The molecule has 1 fully saturated rings. The number of nitrogens with zero attached hydrogens (tertiary/aromatic N) is 3. The van der Waals surface area contributed by atoms with E-state index < -0.39 is 0 Å². The minimum Gasteiger partial charge on any atom is -0.332 e. The maximum Gasteiger partial charge on any atom is 0.224 e. The van der Waals surface area contributed by atoms with Crippen molar-refractivity contribution in [1.82, 2.24) is 10.3 Å². The summed E-state index contributed by atoms with van der Waals surface area (Å²) in [7, 11) is 0. The van der Waals surface area contributed by atoms with Crippen LogP contribution in [0.15, 0.2) is 22.2 Å². The van der Waals surface area contributed by atoms with Gasteiger partial charge in [0.15, 0.2) is 0 Å². The fraction of sp³-hybridized carbons (Fsp3) is 0.500. The van der Waals surface area contributed by atoms with Crippen LogP contribution in [0.4, 0.5) is 0 Å². The van der Waals surface area contributed by atoms with Crippen molar-refractivity contribution in [2.75, 3.05) is 6.54 Å². The van der Waals surface area contributed by atoms with E-state index >= 15 is 0 Å². The van der Waals surface area contributed by atoms with Gasteiger partial charge in [-0.3, -0.25) is 4.79 Å². The average molecular weight is 330 g/mol. The normalized spacial score (nSPS) is 27.3. The van der Waals surface area contributed by atoms with Crippen molar-refractivity contribution in [1.29, 1.82) is 0 Å². The molecule has 16 heavy (non-hydrogen) atoms. The minimum absolute atomic E-state index is 0.136. The molecule has 0 spiro atoms. The fourth-order valence-electron chi connectivity index (χ4n) is 1.74. The van der Waals surface area contributed by atoms with Gasteiger partial charge in [0.1, 0.15) is 15.7 Å². The number of amidine groups is 1. The Balaban J connectivity index is 1.66. The number of amides is 1. The number of allylic oxidation sites excluding steroid dienone is 1. The maximum atomic E-state index is 11.6. The molecule has 3 aliphatic rings. The summed E-state index contributed by atoms with van der Waals surface area (Å²) in [5, 5.41) is 9.10. The van der Waals surface area contributed by atoms with Crippen molar-refractivity contribution in [2.24, 2.45) is 16.0 Å². The number of carbonyl (C=O) groups is 1. The summed E-state index contributed by atoms with van der Waals surface area (Å²) in [6.45, 7) is 0.643. The Kier molecular flexibility index (Phi) is 2.45. The number of nitrogens with one attached hydrogen (secondary N) is 1. The molecule has 0 bridgehead atoms. The number of aliphatic imine (C=N–C) groups is 1. The predicted octanol–water partition coefficient (Wildman–Crippen LogP) is 0.871. The molecule has 1 N–H and O–H groups in total. The van der Waals surface area contributed by atoms with Crippen molar-refractivity contribution >= 4 is 38.1 Å². The predicted molar refractivity (Wildman–Crippen MR) is 69.4 cm³/mol. The SMILES string of the molecule is O=C(NC1CN2N=C(I)C=CC2=N1)C1CC1. The van der Waals surface area contributed by atoms with Gasteiger partial charge in [-0.1, -0.05) is 0 Å². The summed E-state index contributed by atoms with van der Waals surface area (Å²) < 4.78 is 0.936. The third-order valence-corrected chi connectivity index (χ3v) is 3.32. The van der Waals surface area contributed by atoms with Crippen LogP contribution in [0.3, 0.4) is 0 Å². The molecule has 2 heterocycles. The lowest BCUT2D eigenvalue weighted by Gasteiger charge is -2.16. The van der Waals surface area contributed by atoms with Gasteiger partial charge >= 0.3 is 0 Å². The molecule has 1 unspecified atom stereocenters. The van der Waals surface area contributed by atoms with Crippen molar-refractivity contribution < 1.29 is 4.79 Å². The molecule has 2 aliphatic heterocycles. The molecule has 3 rings (SSSR count). The molecule has 5 nitrogen and oxygen atoms in total. The van der Waals surface area contributed by atoms with Gasteiger partial charge in [-0.15, -0.1) is 0 Å². The van der Waals surface area contributed by atoms with Gasteiger partial charge in [0.2, 0.25) is 5.91 Å². The zero-order valence-corrected chi connectivity index (χ0v) is 10.7. The molecule has 0 aromatic heterocycles. The highest BCUT2D eigenvalue weighted by Gasteiger charge is 2.33. The number of hydrogen-bond acceptors (Lipinski definition) is 4. The maximum absolute atomic E-state index is 11.6. The van der Waals surface area contributed by atoms with Crippen LogP contribution in [-0.4, -0.2) is 33.2 Å². The van der Waals surface area contributed by atoms with Gasteiger partial charge in [-0.05, 0) is 47.6 Å². The molecule has 0 radical (unpaired) electrons. The third kappa shape index (κ3) is 1.98. The van der Waals surface area contributed by atoms with Gasteiger partial charge in [0, 0.05) is 5.92 Å². The lowest BCUT2D eigenvalue weighted by Crippen LogP contribution is -2.38. The zero-order valence-electron chi connectivity index (χ0n) is 8.56. The molecule has 0 aromatic rings. The van der Waals surface area contributed by atoms with Crippen LogP contribution in [0.1, 0.15) is 12.8 Å². The van der Waals surface area contributed by atoms with Crippen LogP contribution in [0.2, 0.25) is 0 Å². The number of fused-ring (bicyclic) bond motifs is 1. The van der Waals surface area contributed by atoms with E-state index in [1.807, 2.05) is 17.2 Å². The average Bonchev–Trinajstić information content (AvgIpc) is 3.00. The number of carbonyl (C=O) groups excluding carboxylic acids is 1. The Bertz CT molecular complexity index is 425. The van der Waals surface area contributed by atoms with Crippen LogP contribution in [-0.2, 0) is 4.79 Å². The van der Waals surface area contributed by atoms with Crippen molar-refractivity contribution in [3.63, 3.8) is 0 Å². The summed E-state index contributed by atoms with van der Waals surface area (Å²) in [5.41, 5.74) is 0. The summed E-state index contributed by atoms with van der Waals surface area (Å²) in [5.74, 6) is 1.20. The summed E-state index contributed by atoms with van der Waals surface area (Å²) in [6.07, 6.45) is 5.75. The Hall–Kier alpha value is -0.920. The van der Waals surface area contributed by atoms with Gasteiger partial charge in [-0.25, -0.2) is 10.0 Å². The Labute approximate surface area is 107 Å². The third-order valence-electron chi connectivity index (χ3n) is 2.74. The highest BCUT2D eigenvalue weighted by atomic mass is 127. The first-order valence-corrected chi connectivity index (χ1v) is 6.38. The van der Waals surface area contributed by atoms with E-state index in [1.165, 1.54) is 0 Å². The quantitative estimate of drug-likeness (QED) is 0.764. The second-order valence-electron chi connectivity index (χ2n) is 4.12. The largest absolute Gasteiger partial charge is 0.332 e. The van der Waals surface area contributed by atoms with Crippen LogP contribution >= 0.6 is 22.6 Å². The summed E-state index contributed by atoms with van der Waals surface area (Å²) in [6, 6.07) is 0. The molecule has 0 saturated heterocycles. The van der Waals surface area contributed by atoms with Gasteiger partial charge in [-0.2, -0.15) is 5.10 Å². The summed E-state index contributed by atoms with van der Waals surface area (Å²) in [4.78, 5) is 16.0. The highest BCUT2D eigenvalue weighted by molar-refractivity contribution is 14.1. The molecule has 0 aromatic carbocycles. The van der Waals surface area contributed by atoms with E-state index in [9.17, 15) is 4.79 Å². The monoisotopic (exact) mass is 330 g/mol. The highest BCUT2D eigenvalue weighted by Crippen LogP contribution is 2.29. The number of halogens is 1. The lowest BCUT2D eigenvalue weighted by molar-refractivity contribution is -0.122. The van der Waals surface area contributed by atoms with Crippen LogP contribution in [0.25, 0.3) is 0 Å². The Morgan fingerprint density at radius 3 is 3.06 bits per heavy atom. The van der Waals surface area contributed by atoms with Gasteiger partial charge in [0.25, 0.3) is 0 Å². The Morgan fingerprint density at radius 2 is 2.31 bits per heavy atom. The molecule has 1 amide bonds. The van der Waals surface area contributed by atoms with E-state index in [0.717, 1.165) is 22.4 Å². The van der Waals surface area contributed by atoms with Gasteiger partial charge < -0.3 is 5.32 Å². The van der Waals surface area contributed by atoms with E-state index in [0.29, 0.717) is 6.54 Å². The number of rotatable bonds is 2. The fourth-order valence-corrected chi connectivity index (χ4v) is 2.18. The standard InChI is InChI=1S/C10H11IN4O/c11-7-3-4-9-12-8(5-15(9)14-7)13-10(16)6-1-2-6/h3-4,6,8H,1-2,5H2,(H,13,16). The van der Waals surface area contributed by atoms with Crippen molar-refractivity contribution in [3.8, 4) is 0 Å². The second kappa shape index (κ2) is 3.83. The second-order valence-corrected chi connectivity index (χ2v) is 5.23. The smallest absolute Gasteiger partial charge is 0.224 e. The van der Waals surface area contributed by atoms with Crippen LogP contribution in [0.5, 0.6) is 0 Å². The number of hydrazone groups is 1. The minimum atomic E-state index is -0.140. The first-order valence-electron chi connectivity index (χ1n) is 5.30. The molecular weight excluding hydrogens is 319 g/mol. The van der Waals surface area contributed by atoms with Crippen LogP contribution < -0.4 is 5.32 Å². The first-order chi connectivity index (χ1) is 7.72. The molecule has 1 saturated carbocycles. The molecular formula is C10H11IN4O. The topological polar surface area (TPSA) is 57.1 Å². The van der Waals surface area contributed by atoms with E-state index in [4.69, 9.17) is 0 Å². The van der Waals surface area contributed by atoms with E-state index in [-0.39, 0.29) is 18.0 Å². The first kappa shape index (κ1) is 10.2. The van der Waals surface area contributed by atoms with E-state index in [2.05, 4.69) is 38.0 Å². The Morgan fingerprint density at radius 1 is 1.50 bits per heavy atom. The van der Waals surface area contributed by atoms with Crippen molar-refractivity contribution in [2.45, 2.75) is 19.0 Å². The zero-order chi connectivity index (χ0) is 11.1. The number of hydrogen-bond donors (Lipinski definition) is 1. The van der Waals surface area contributed by atoms with E-state index in [1.54, 1.807) is 0 Å². The molecule has 84 valence electrons. The molecule has 1 atom stereocenters. The molecule has 1 aliphatic carbocycles.